The molecule has 1 rings (SSSR count). The zero-order valence-electron chi connectivity index (χ0n) is 13.7. The quantitative estimate of drug-likeness (QED) is 0.736. The summed E-state index contributed by atoms with van der Waals surface area (Å²) in [6.45, 7) is 13.9. The molecule has 20 heavy (non-hydrogen) atoms. The van der Waals surface area contributed by atoms with Gasteiger partial charge in [-0.15, -0.1) is 0 Å². The highest BCUT2D eigenvalue weighted by atomic mass is 16.5. The number of carbonyl (C=O) groups excluding carboxylic acids is 1. The zero-order chi connectivity index (χ0) is 15.3. The molecule has 2 N–H and O–H groups in total. The van der Waals surface area contributed by atoms with Crippen LogP contribution < -0.4 is 5.73 Å². The van der Waals surface area contributed by atoms with Crippen LogP contribution in [0.2, 0.25) is 0 Å². The minimum atomic E-state index is -0.900. The molecule has 2 unspecified atom stereocenters. The van der Waals surface area contributed by atoms with Gasteiger partial charge in [0.2, 0.25) is 0 Å². The van der Waals surface area contributed by atoms with Gasteiger partial charge in [-0.2, -0.15) is 0 Å². The molecule has 0 saturated carbocycles. The van der Waals surface area contributed by atoms with Crippen molar-refractivity contribution in [1.29, 1.82) is 0 Å². The number of hydrogen-bond donors (Lipinski definition) is 1. The van der Waals surface area contributed by atoms with E-state index in [4.69, 9.17) is 10.5 Å². The molecule has 0 bridgehead atoms. The van der Waals surface area contributed by atoms with E-state index in [1.807, 2.05) is 0 Å². The molecule has 5 heteroatoms. The summed E-state index contributed by atoms with van der Waals surface area (Å²) < 4.78 is 4.77. The van der Waals surface area contributed by atoms with Crippen molar-refractivity contribution in [3.8, 4) is 0 Å². The Bertz CT molecular complexity index is 310. The highest BCUT2D eigenvalue weighted by molar-refractivity contribution is 5.79. The summed E-state index contributed by atoms with van der Waals surface area (Å²) in [6, 6.07) is 0.297. The van der Waals surface area contributed by atoms with Gasteiger partial charge in [0.05, 0.1) is 7.11 Å². The Kier molecular flexibility index (Phi) is 6.43. The fourth-order valence-corrected chi connectivity index (χ4v) is 2.96. The Balaban J connectivity index is 2.43. The molecule has 0 amide bonds. The van der Waals surface area contributed by atoms with Gasteiger partial charge in [0.15, 0.2) is 0 Å². The Hall–Kier alpha value is -0.650. The molecule has 0 aromatic carbocycles. The van der Waals surface area contributed by atoms with Crippen LogP contribution in [0, 0.1) is 5.92 Å². The van der Waals surface area contributed by atoms with Crippen LogP contribution in [0.3, 0.4) is 0 Å². The van der Waals surface area contributed by atoms with E-state index in [1.54, 1.807) is 6.92 Å². The third kappa shape index (κ3) is 5.04. The summed E-state index contributed by atoms with van der Waals surface area (Å²) in [5.74, 6) is 0.383. The van der Waals surface area contributed by atoms with Gasteiger partial charge in [-0.1, -0.05) is 13.8 Å². The van der Waals surface area contributed by atoms with Crippen LogP contribution >= 0.6 is 0 Å². The van der Waals surface area contributed by atoms with E-state index < -0.39 is 5.54 Å². The van der Waals surface area contributed by atoms with Crippen molar-refractivity contribution in [3.63, 3.8) is 0 Å². The number of hydrogen-bond acceptors (Lipinski definition) is 5. The predicted molar refractivity (Wildman–Crippen MR) is 81.5 cm³/mol. The van der Waals surface area contributed by atoms with Crippen molar-refractivity contribution in [2.75, 3.05) is 39.8 Å². The van der Waals surface area contributed by atoms with Crippen molar-refractivity contribution >= 4 is 5.97 Å². The zero-order valence-corrected chi connectivity index (χ0v) is 13.7. The van der Waals surface area contributed by atoms with Gasteiger partial charge in [-0.25, -0.2) is 0 Å². The van der Waals surface area contributed by atoms with Crippen molar-refractivity contribution in [1.82, 2.24) is 9.80 Å². The highest BCUT2D eigenvalue weighted by Gasteiger charge is 2.33. The number of carbonyl (C=O) groups is 1. The summed E-state index contributed by atoms with van der Waals surface area (Å²) in [5.41, 5.74) is 5.16. The minimum Gasteiger partial charge on any atom is -0.468 e. The van der Waals surface area contributed by atoms with Crippen LogP contribution in [0.5, 0.6) is 0 Å². The minimum absolute atomic E-state index is 0.297. The van der Waals surface area contributed by atoms with Gasteiger partial charge >= 0.3 is 5.97 Å². The molecule has 1 saturated heterocycles. The van der Waals surface area contributed by atoms with E-state index in [0.29, 0.717) is 18.4 Å². The highest BCUT2D eigenvalue weighted by Crippen LogP contribution is 2.17. The van der Waals surface area contributed by atoms with Crippen molar-refractivity contribution in [3.05, 3.63) is 0 Å². The first-order valence-electron chi connectivity index (χ1n) is 7.60. The third-order valence-corrected chi connectivity index (χ3v) is 4.02. The van der Waals surface area contributed by atoms with E-state index in [0.717, 1.165) is 26.2 Å². The molecule has 5 nitrogen and oxygen atoms in total. The van der Waals surface area contributed by atoms with E-state index in [9.17, 15) is 4.79 Å². The molecule has 1 fully saturated rings. The maximum Gasteiger partial charge on any atom is 0.325 e. The number of esters is 1. The van der Waals surface area contributed by atoms with Crippen LogP contribution in [0.4, 0.5) is 0 Å². The first kappa shape index (κ1) is 17.4. The Labute approximate surface area is 123 Å². The van der Waals surface area contributed by atoms with E-state index in [-0.39, 0.29) is 5.97 Å². The Morgan fingerprint density at radius 1 is 1.25 bits per heavy atom. The number of methoxy groups -OCH3 is 1. The van der Waals surface area contributed by atoms with Crippen molar-refractivity contribution in [2.24, 2.45) is 11.7 Å². The lowest BCUT2D eigenvalue weighted by atomic mass is 9.94. The molecule has 1 aliphatic heterocycles. The molecule has 0 aromatic rings. The fourth-order valence-electron chi connectivity index (χ4n) is 2.96. The van der Waals surface area contributed by atoms with Crippen molar-refractivity contribution < 1.29 is 9.53 Å². The van der Waals surface area contributed by atoms with Crippen LogP contribution in [-0.4, -0.2) is 67.2 Å². The third-order valence-electron chi connectivity index (χ3n) is 4.02. The molecule has 118 valence electrons. The topological polar surface area (TPSA) is 58.8 Å². The molecule has 0 aliphatic carbocycles. The number of rotatable bonds is 6. The van der Waals surface area contributed by atoms with E-state index >= 15 is 0 Å². The summed E-state index contributed by atoms with van der Waals surface area (Å²) >= 11 is 0. The molecule has 2 atom stereocenters. The van der Waals surface area contributed by atoms with Gasteiger partial charge in [0.1, 0.15) is 5.54 Å². The van der Waals surface area contributed by atoms with Gasteiger partial charge in [0.25, 0.3) is 0 Å². The number of nitrogens with zero attached hydrogens (tertiary/aromatic N) is 2. The number of nitrogens with two attached hydrogens (primary N) is 1. The summed E-state index contributed by atoms with van der Waals surface area (Å²) in [7, 11) is 1.39. The molecular formula is C15H31N3O2. The smallest absolute Gasteiger partial charge is 0.325 e. The molecular weight excluding hydrogens is 254 g/mol. The summed E-state index contributed by atoms with van der Waals surface area (Å²) in [6.07, 6.45) is 0.629. The Morgan fingerprint density at radius 3 is 2.25 bits per heavy atom. The molecule has 1 heterocycles. The fraction of sp³-hybridized carbons (Fsp3) is 0.933. The molecule has 1 aliphatic rings. The SMILES string of the molecule is COC(=O)C(C)(N)CC(C)N1CCN(CC(C)C)CC1. The normalized spacial score (nSPS) is 22.6. The predicted octanol–water partition coefficient (Wildman–Crippen LogP) is 0.929. The monoisotopic (exact) mass is 285 g/mol. The van der Waals surface area contributed by atoms with E-state index in [2.05, 4.69) is 30.6 Å². The first-order valence-corrected chi connectivity index (χ1v) is 7.60. The van der Waals surface area contributed by atoms with Gasteiger partial charge < -0.3 is 15.4 Å². The second-order valence-corrected chi connectivity index (χ2v) is 6.69. The second-order valence-electron chi connectivity index (χ2n) is 6.69. The average Bonchev–Trinajstić information content (AvgIpc) is 2.37. The van der Waals surface area contributed by atoms with Gasteiger partial charge in [0, 0.05) is 38.8 Å². The second kappa shape index (κ2) is 7.38. The van der Waals surface area contributed by atoms with E-state index in [1.165, 1.54) is 13.7 Å². The summed E-state index contributed by atoms with van der Waals surface area (Å²) in [4.78, 5) is 16.6. The standard InChI is InChI=1S/C15H31N3O2/c1-12(2)11-17-6-8-18(9-7-17)13(3)10-15(4,16)14(19)20-5/h12-13H,6-11,16H2,1-5H3. The maximum absolute atomic E-state index is 11.7. The summed E-state index contributed by atoms with van der Waals surface area (Å²) in [5, 5.41) is 0. The lowest BCUT2D eigenvalue weighted by Gasteiger charge is -2.40. The molecule has 0 aromatic heterocycles. The largest absolute Gasteiger partial charge is 0.468 e. The van der Waals surface area contributed by atoms with Gasteiger partial charge in [-0.3, -0.25) is 9.69 Å². The first-order chi connectivity index (χ1) is 9.26. The maximum atomic E-state index is 11.7. The molecule has 0 radical (unpaired) electrons. The number of piperazine rings is 1. The average molecular weight is 285 g/mol. The number of ether oxygens (including phenoxy) is 1. The lowest BCUT2D eigenvalue weighted by Crippen LogP contribution is -2.55. The van der Waals surface area contributed by atoms with Gasteiger partial charge in [-0.05, 0) is 26.2 Å². The lowest BCUT2D eigenvalue weighted by molar-refractivity contribution is -0.147. The van der Waals surface area contributed by atoms with Crippen LogP contribution in [0.15, 0.2) is 0 Å². The van der Waals surface area contributed by atoms with Crippen LogP contribution in [0.25, 0.3) is 0 Å². The Morgan fingerprint density at radius 2 is 1.80 bits per heavy atom. The molecule has 0 spiro atoms. The van der Waals surface area contributed by atoms with Crippen LogP contribution in [-0.2, 0) is 9.53 Å². The van der Waals surface area contributed by atoms with Crippen LogP contribution in [0.1, 0.15) is 34.1 Å². The van der Waals surface area contributed by atoms with Crippen molar-refractivity contribution in [2.45, 2.75) is 45.7 Å².